The molecule has 1 rings (SSSR count). The van der Waals surface area contributed by atoms with Crippen molar-refractivity contribution < 1.29 is 27.7 Å². The van der Waals surface area contributed by atoms with Crippen LogP contribution in [-0.2, 0) is 4.74 Å². The molecule has 4 nitrogen and oxygen atoms in total. The van der Waals surface area contributed by atoms with Crippen LogP contribution >= 0.6 is 46.4 Å². The number of carbonyl (C=O) groups excluding carboxylic acids is 1. The number of hydrogen-bond donors (Lipinski definition) is 1. The maximum atomic E-state index is 12.3. The van der Waals surface area contributed by atoms with Crippen LogP contribution in [0, 0.1) is 0 Å². The molecule has 0 aliphatic rings. The first-order chi connectivity index (χ1) is 11.5. The van der Waals surface area contributed by atoms with Gasteiger partial charge in [-0.3, -0.25) is 0 Å². The molecule has 110 valence electrons. The van der Waals surface area contributed by atoms with Gasteiger partial charge in [0.25, 0.3) is 0 Å². The lowest BCUT2D eigenvalue weighted by Crippen LogP contribution is -2.14. The first-order valence-corrected chi connectivity index (χ1v) is 6.31. The van der Waals surface area contributed by atoms with Gasteiger partial charge in [-0.15, -0.1) is 0 Å². The molecule has 1 aromatic carbocycles. The predicted molar refractivity (Wildman–Crippen MR) is 78.6 cm³/mol. The SMILES string of the molecule is [2H]C([2H])(C)C([2H])([2H])C([2H])([2H])OC(=O)c1c(Cl)c(Cl)c(Cl)c(Cl)c1C(=O)O. The monoisotopic (exact) mass is 364 g/mol. The molecule has 8 heteroatoms. The van der Waals surface area contributed by atoms with Crippen molar-refractivity contribution in [2.45, 2.75) is 19.7 Å². The number of carboxylic acids is 1. The quantitative estimate of drug-likeness (QED) is 0.455. The molecule has 0 saturated heterocycles. The summed E-state index contributed by atoms with van der Waals surface area (Å²) >= 11 is 23.1. The minimum absolute atomic E-state index is 0.462. The van der Waals surface area contributed by atoms with E-state index < -0.39 is 62.5 Å². The molecule has 0 heterocycles. The molecule has 0 saturated carbocycles. The number of esters is 1. The van der Waals surface area contributed by atoms with Gasteiger partial charge in [-0.2, -0.15) is 0 Å². The van der Waals surface area contributed by atoms with Crippen molar-refractivity contribution >= 4 is 58.3 Å². The molecule has 0 spiro atoms. The molecule has 20 heavy (non-hydrogen) atoms. The number of hydrogen-bond acceptors (Lipinski definition) is 3. The molecule has 0 aromatic heterocycles. The Balaban J connectivity index is 3.55. The van der Waals surface area contributed by atoms with Crippen molar-refractivity contribution in [2.24, 2.45) is 0 Å². The van der Waals surface area contributed by atoms with E-state index in [1.807, 2.05) is 0 Å². The standard InChI is InChI=1S/C12H10Cl4O4/c1-2-3-4-20-12(19)6-5(11(17)18)7(13)9(15)10(16)8(6)14/h2-4H2,1H3,(H,17,18)/i2D2,3D2,4D2. The molecule has 0 unspecified atom stereocenters. The van der Waals surface area contributed by atoms with Gasteiger partial charge in [0.1, 0.15) is 0 Å². The van der Waals surface area contributed by atoms with E-state index in [9.17, 15) is 14.7 Å². The second-order valence-corrected chi connectivity index (χ2v) is 4.69. The highest BCUT2D eigenvalue weighted by Gasteiger charge is 2.29. The van der Waals surface area contributed by atoms with Gasteiger partial charge in [0.05, 0.1) is 40.5 Å². The molecule has 0 bridgehead atoms. The fraction of sp³-hybridized carbons (Fsp3) is 0.333. The van der Waals surface area contributed by atoms with Gasteiger partial charge in [0.2, 0.25) is 0 Å². The minimum Gasteiger partial charge on any atom is -0.478 e. The molecule has 0 aliphatic heterocycles. The maximum absolute atomic E-state index is 12.3. The number of benzene rings is 1. The third-order valence-electron chi connectivity index (χ3n) is 2.00. The second-order valence-electron chi connectivity index (χ2n) is 3.18. The number of carboxylic acid groups (broad SMARTS) is 1. The summed E-state index contributed by atoms with van der Waals surface area (Å²) in [6, 6.07) is 0. The Kier molecular flexibility index (Phi) is 3.72. The van der Waals surface area contributed by atoms with Crippen LogP contribution in [0.4, 0.5) is 0 Å². The van der Waals surface area contributed by atoms with Gasteiger partial charge in [0, 0.05) is 5.48 Å². The van der Waals surface area contributed by atoms with Crippen LogP contribution < -0.4 is 0 Å². The van der Waals surface area contributed by atoms with Crippen molar-refractivity contribution in [2.75, 3.05) is 6.56 Å². The van der Waals surface area contributed by atoms with Crippen LogP contribution in [0.15, 0.2) is 0 Å². The highest BCUT2D eigenvalue weighted by atomic mass is 35.5. The van der Waals surface area contributed by atoms with E-state index in [4.69, 9.17) is 54.6 Å². The summed E-state index contributed by atoms with van der Waals surface area (Å²) in [4.78, 5) is 23.7. The first-order valence-electron chi connectivity index (χ1n) is 7.80. The third kappa shape index (κ3) is 3.50. The number of ether oxygens (including phenoxy) is 1. The van der Waals surface area contributed by atoms with Crippen LogP contribution in [-0.4, -0.2) is 23.6 Å². The largest absolute Gasteiger partial charge is 0.478 e. The lowest BCUT2D eigenvalue weighted by molar-refractivity contribution is 0.0489. The van der Waals surface area contributed by atoms with E-state index >= 15 is 0 Å². The Labute approximate surface area is 143 Å². The molecule has 1 aromatic rings. The van der Waals surface area contributed by atoms with Crippen LogP contribution in [0.3, 0.4) is 0 Å². The molecule has 0 fully saturated rings. The summed E-state index contributed by atoms with van der Waals surface area (Å²) in [5.74, 6) is -3.47. The van der Waals surface area contributed by atoms with E-state index in [0.717, 1.165) is 6.92 Å². The lowest BCUT2D eigenvalue weighted by atomic mass is 10.1. The maximum Gasteiger partial charge on any atom is 0.340 e. The molecule has 0 atom stereocenters. The zero-order valence-corrected chi connectivity index (χ0v) is 12.7. The Bertz CT molecular complexity index is 778. The van der Waals surface area contributed by atoms with Gasteiger partial charge in [-0.25, -0.2) is 9.59 Å². The summed E-state index contributed by atoms with van der Waals surface area (Å²) in [5.41, 5.74) is -1.87. The van der Waals surface area contributed by atoms with Crippen molar-refractivity contribution in [1.29, 1.82) is 0 Å². The molecular formula is C12H10Cl4O4. The zero-order valence-electron chi connectivity index (χ0n) is 15.7. The summed E-state index contributed by atoms with van der Waals surface area (Å²) in [5, 5.41) is 6.93. The van der Waals surface area contributed by atoms with E-state index in [2.05, 4.69) is 4.74 Å². The van der Waals surface area contributed by atoms with Crippen LogP contribution in [0.2, 0.25) is 20.1 Å². The molecule has 1 N–H and O–H groups in total. The predicted octanol–water partition coefficient (Wildman–Crippen LogP) is 4.96. The molecule has 0 aliphatic carbocycles. The highest BCUT2D eigenvalue weighted by molar-refractivity contribution is 6.54. The molecule has 0 radical (unpaired) electrons. The smallest absolute Gasteiger partial charge is 0.340 e. The fourth-order valence-electron chi connectivity index (χ4n) is 1.20. The number of carbonyl (C=O) groups is 2. The third-order valence-corrected chi connectivity index (χ3v) is 3.81. The average Bonchev–Trinajstić information content (AvgIpc) is 2.46. The van der Waals surface area contributed by atoms with Crippen molar-refractivity contribution in [3.63, 3.8) is 0 Å². The summed E-state index contributed by atoms with van der Waals surface area (Å²) in [7, 11) is 0. The lowest BCUT2D eigenvalue weighted by Gasteiger charge is -2.13. The van der Waals surface area contributed by atoms with Gasteiger partial charge >= 0.3 is 11.9 Å². The normalized spacial score (nSPS) is 17.1. The van der Waals surface area contributed by atoms with Crippen molar-refractivity contribution in [3.8, 4) is 0 Å². The van der Waals surface area contributed by atoms with Gasteiger partial charge in [-0.05, 0) is 6.37 Å². The van der Waals surface area contributed by atoms with Crippen LogP contribution in [0.25, 0.3) is 0 Å². The Morgan fingerprint density at radius 2 is 1.60 bits per heavy atom. The van der Waals surface area contributed by atoms with E-state index in [1.165, 1.54) is 0 Å². The van der Waals surface area contributed by atoms with Crippen molar-refractivity contribution in [1.82, 2.24) is 0 Å². The summed E-state index contributed by atoms with van der Waals surface area (Å²) in [6.07, 6.45) is -6.06. The number of aromatic carboxylic acids is 1. The Morgan fingerprint density at radius 1 is 1.10 bits per heavy atom. The molecular weight excluding hydrogens is 350 g/mol. The summed E-state index contributed by atoms with van der Waals surface area (Å²) < 4.78 is 49.4. The fourth-order valence-corrected chi connectivity index (χ4v) is 2.21. The highest BCUT2D eigenvalue weighted by Crippen LogP contribution is 2.41. The minimum atomic E-state index is -3.50. The first kappa shape index (κ1) is 10.1. The number of rotatable bonds is 5. The molecule has 0 amide bonds. The van der Waals surface area contributed by atoms with Crippen molar-refractivity contribution in [3.05, 3.63) is 31.2 Å². The Hall–Kier alpha value is -0.680. The topological polar surface area (TPSA) is 63.6 Å². The summed E-state index contributed by atoms with van der Waals surface area (Å²) in [6.45, 7) is -2.76. The average molecular weight is 366 g/mol. The van der Waals surface area contributed by atoms with E-state index in [-0.39, 0.29) is 0 Å². The zero-order chi connectivity index (χ0) is 20.8. The van der Waals surface area contributed by atoms with Crippen LogP contribution in [0.5, 0.6) is 0 Å². The van der Waals surface area contributed by atoms with E-state index in [1.54, 1.807) is 0 Å². The Morgan fingerprint density at radius 3 is 2.05 bits per heavy atom. The second kappa shape index (κ2) is 7.36. The van der Waals surface area contributed by atoms with Crippen LogP contribution in [0.1, 0.15) is 48.6 Å². The van der Waals surface area contributed by atoms with Gasteiger partial charge in [-0.1, -0.05) is 59.7 Å². The van der Waals surface area contributed by atoms with Gasteiger partial charge in [0.15, 0.2) is 0 Å². The van der Waals surface area contributed by atoms with E-state index in [0.29, 0.717) is 0 Å². The van der Waals surface area contributed by atoms with Gasteiger partial charge < -0.3 is 9.84 Å². The number of halogens is 4.